The Morgan fingerprint density at radius 2 is 2.00 bits per heavy atom. The summed E-state index contributed by atoms with van der Waals surface area (Å²) in [7, 11) is 1.68. The highest BCUT2D eigenvalue weighted by Gasteiger charge is 2.20. The number of methoxy groups -OCH3 is 1. The summed E-state index contributed by atoms with van der Waals surface area (Å²) in [5.41, 5.74) is 7.05. The maximum Gasteiger partial charge on any atom is 0.119 e. The number of nitrogens with two attached hydrogens (primary N) is 1. The summed E-state index contributed by atoms with van der Waals surface area (Å²) in [5, 5.41) is 1.02. The summed E-state index contributed by atoms with van der Waals surface area (Å²) < 4.78 is 5.34. The van der Waals surface area contributed by atoms with Gasteiger partial charge in [0.15, 0.2) is 0 Å². The molecule has 3 rings (SSSR count). The molecule has 0 bridgehead atoms. The Morgan fingerprint density at radius 1 is 1.25 bits per heavy atom. The quantitative estimate of drug-likeness (QED) is 0.662. The molecular formula is C16H21N3O. The van der Waals surface area contributed by atoms with Gasteiger partial charge in [0, 0.05) is 17.0 Å². The normalized spacial score (nSPS) is 15.8. The van der Waals surface area contributed by atoms with Gasteiger partial charge in [-0.05, 0) is 43.5 Å². The van der Waals surface area contributed by atoms with E-state index in [1.54, 1.807) is 7.11 Å². The number of hydrogen-bond donors (Lipinski definition) is 2. The van der Waals surface area contributed by atoms with Gasteiger partial charge in [0.05, 0.1) is 18.3 Å². The van der Waals surface area contributed by atoms with Crippen LogP contribution >= 0.6 is 0 Å². The number of hydrogen-bond acceptors (Lipinski definition) is 4. The smallest absolute Gasteiger partial charge is 0.119 e. The van der Waals surface area contributed by atoms with Gasteiger partial charge >= 0.3 is 0 Å². The summed E-state index contributed by atoms with van der Waals surface area (Å²) in [6, 6.07) is 6.11. The maximum absolute atomic E-state index is 5.71. The van der Waals surface area contributed by atoms with Gasteiger partial charge in [0.1, 0.15) is 5.75 Å². The number of nitrogens with one attached hydrogen (secondary N) is 1. The highest BCUT2D eigenvalue weighted by atomic mass is 16.5. The van der Waals surface area contributed by atoms with Crippen molar-refractivity contribution >= 4 is 16.6 Å². The molecule has 1 heterocycles. The van der Waals surface area contributed by atoms with Crippen molar-refractivity contribution in [2.24, 2.45) is 5.84 Å². The zero-order valence-electron chi connectivity index (χ0n) is 12.1. The van der Waals surface area contributed by atoms with Crippen LogP contribution in [-0.4, -0.2) is 12.1 Å². The monoisotopic (exact) mass is 271 g/mol. The molecule has 0 spiro atoms. The van der Waals surface area contributed by atoms with Crippen molar-refractivity contribution in [1.82, 2.24) is 4.98 Å². The van der Waals surface area contributed by atoms with Crippen molar-refractivity contribution in [3.8, 4) is 5.75 Å². The van der Waals surface area contributed by atoms with Crippen LogP contribution in [0.3, 0.4) is 0 Å². The Balaban J connectivity index is 2.19. The van der Waals surface area contributed by atoms with Crippen molar-refractivity contribution in [3.05, 3.63) is 29.5 Å². The molecule has 0 unspecified atom stereocenters. The Bertz CT molecular complexity index is 633. The SMILES string of the molecule is COc1cc(C)c2nc(C3CCCC3)cc(NN)c2c1. The van der Waals surface area contributed by atoms with E-state index in [4.69, 9.17) is 15.6 Å². The van der Waals surface area contributed by atoms with Crippen LogP contribution in [0.1, 0.15) is 42.9 Å². The molecule has 20 heavy (non-hydrogen) atoms. The van der Waals surface area contributed by atoms with Gasteiger partial charge in [-0.2, -0.15) is 0 Å². The molecule has 0 atom stereocenters. The van der Waals surface area contributed by atoms with Gasteiger partial charge in [-0.3, -0.25) is 10.8 Å². The molecule has 1 aliphatic rings. The first kappa shape index (κ1) is 13.2. The van der Waals surface area contributed by atoms with E-state index in [-0.39, 0.29) is 0 Å². The first-order valence-corrected chi connectivity index (χ1v) is 7.19. The fraction of sp³-hybridized carbons (Fsp3) is 0.438. The molecule has 2 aromatic rings. The number of rotatable bonds is 3. The first-order valence-electron chi connectivity index (χ1n) is 7.19. The van der Waals surface area contributed by atoms with Gasteiger partial charge in [-0.15, -0.1) is 0 Å². The minimum Gasteiger partial charge on any atom is -0.497 e. The Labute approximate surface area is 119 Å². The lowest BCUT2D eigenvalue weighted by Crippen LogP contribution is -2.09. The molecule has 106 valence electrons. The standard InChI is InChI=1S/C16H21N3O/c1-10-7-12(20-2)8-13-15(19-17)9-14(18-16(10)13)11-5-3-4-6-11/h7-9,11H,3-6,17H2,1-2H3,(H,18,19). The van der Waals surface area contributed by atoms with E-state index in [0.29, 0.717) is 5.92 Å². The highest BCUT2D eigenvalue weighted by molar-refractivity contribution is 5.94. The van der Waals surface area contributed by atoms with Crippen LogP contribution in [0, 0.1) is 6.92 Å². The number of nitrogen functional groups attached to an aromatic ring is 1. The molecule has 0 radical (unpaired) electrons. The predicted octanol–water partition coefficient (Wildman–Crippen LogP) is 3.50. The summed E-state index contributed by atoms with van der Waals surface area (Å²) in [5.74, 6) is 7.12. The molecule has 4 heteroatoms. The lowest BCUT2D eigenvalue weighted by Gasteiger charge is -2.15. The molecule has 0 saturated heterocycles. The van der Waals surface area contributed by atoms with Crippen LogP contribution in [-0.2, 0) is 0 Å². The highest BCUT2D eigenvalue weighted by Crippen LogP contribution is 2.37. The number of aromatic nitrogens is 1. The molecular weight excluding hydrogens is 250 g/mol. The lowest BCUT2D eigenvalue weighted by molar-refractivity contribution is 0.415. The summed E-state index contributed by atoms with van der Waals surface area (Å²) >= 11 is 0. The minimum atomic E-state index is 0.577. The number of pyridine rings is 1. The summed E-state index contributed by atoms with van der Waals surface area (Å²) in [6.45, 7) is 2.07. The minimum absolute atomic E-state index is 0.577. The molecule has 3 N–H and O–H groups in total. The number of ether oxygens (including phenoxy) is 1. The van der Waals surface area contributed by atoms with Crippen LogP contribution in [0.2, 0.25) is 0 Å². The molecule has 1 aromatic heterocycles. The molecule has 0 amide bonds. The fourth-order valence-corrected chi connectivity index (χ4v) is 3.16. The van der Waals surface area contributed by atoms with E-state index in [1.165, 1.54) is 25.7 Å². The topological polar surface area (TPSA) is 60.2 Å². The van der Waals surface area contributed by atoms with E-state index in [2.05, 4.69) is 18.4 Å². The second-order valence-corrected chi connectivity index (χ2v) is 5.56. The first-order chi connectivity index (χ1) is 9.72. The van der Waals surface area contributed by atoms with Crippen LogP contribution < -0.4 is 16.0 Å². The van der Waals surface area contributed by atoms with Crippen LogP contribution in [0.5, 0.6) is 5.75 Å². The van der Waals surface area contributed by atoms with E-state index in [1.807, 2.05) is 12.1 Å². The Kier molecular flexibility index (Phi) is 3.49. The average Bonchev–Trinajstić information content (AvgIpc) is 3.00. The van der Waals surface area contributed by atoms with Crippen molar-refractivity contribution in [1.29, 1.82) is 0 Å². The van der Waals surface area contributed by atoms with E-state index in [9.17, 15) is 0 Å². The molecule has 1 aromatic carbocycles. The van der Waals surface area contributed by atoms with Crippen LogP contribution in [0.4, 0.5) is 5.69 Å². The lowest BCUT2D eigenvalue weighted by atomic mass is 10.00. The molecule has 0 aliphatic heterocycles. The molecule has 1 saturated carbocycles. The Hall–Kier alpha value is -1.81. The van der Waals surface area contributed by atoms with Crippen molar-refractivity contribution in [2.45, 2.75) is 38.5 Å². The number of nitrogens with zero attached hydrogens (tertiary/aromatic N) is 1. The van der Waals surface area contributed by atoms with Crippen LogP contribution in [0.25, 0.3) is 10.9 Å². The van der Waals surface area contributed by atoms with Crippen molar-refractivity contribution < 1.29 is 4.74 Å². The van der Waals surface area contributed by atoms with Gasteiger partial charge in [-0.25, -0.2) is 0 Å². The van der Waals surface area contributed by atoms with Crippen molar-refractivity contribution in [2.75, 3.05) is 12.5 Å². The number of hydrazine groups is 1. The molecule has 4 nitrogen and oxygen atoms in total. The third kappa shape index (κ3) is 2.20. The predicted molar refractivity (Wildman–Crippen MR) is 82.1 cm³/mol. The second kappa shape index (κ2) is 5.29. The Morgan fingerprint density at radius 3 is 2.65 bits per heavy atom. The summed E-state index contributed by atoms with van der Waals surface area (Å²) in [6.07, 6.45) is 5.07. The average molecular weight is 271 g/mol. The van der Waals surface area contributed by atoms with Gasteiger partial charge in [0.25, 0.3) is 0 Å². The zero-order chi connectivity index (χ0) is 14.1. The van der Waals surface area contributed by atoms with Gasteiger partial charge < -0.3 is 10.2 Å². The van der Waals surface area contributed by atoms with Gasteiger partial charge in [-0.1, -0.05) is 12.8 Å². The van der Waals surface area contributed by atoms with E-state index < -0.39 is 0 Å². The largest absolute Gasteiger partial charge is 0.497 e. The number of anilines is 1. The molecule has 1 fully saturated rings. The van der Waals surface area contributed by atoms with E-state index >= 15 is 0 Å². The third-order valence-corrected chi connectivity index (χ3v) is 4.26. The third-order valence-electron chi connectivity index (χ3n) is 4.26. The number of benzene rings is 1. The number of aryl methyl sites for hydroxylation is 1. The van der Waals surface area contributed by atoms with Gasteiger partial charge in [0.2, 0.25) is 0 Å². The van der Waals surface area contributed by atoms with Crippen molar-refractivity contribution in [3.63, 3.8) is 0 Å². The second-order valence-electron chi connectivity index (χ2n) is 5.56. The zero-order valence-corrected chi connectivity index (χ0v) is 12.1. The number of fused-ring (bicyclic) bond motifs is 1. The van der Waals surface area contributed by atoms with Crippen LogP contribution in [0.15, 0.2) is 18.2 Å². The van der Waals surface area contributed by atoms with E-state index in [0.717, 1.165) is 33.6 Å². The maximum atomic E-state index is 5.71. The molecule has 1 aliphatic carbocycles. The summed E-state index contributed by atoms with van der Waals surface area (Å²) in [4.78, 5) is 4.89. The fourth-order valence-electron chi connectivity index (χ4n) is 3.16.